The van der Waals surface area contributed by atoms with Crippen LogP contribution in [-0.2, 0) is 16.0 Å². The number of nitrogens with zero attached hydrogens (tertiary/aromatic N) is 2. The Morgan fingerprint density at radius 3 is 2.51 bits per heavy atom. The zero-order valence-corrected chi connectivity index (χ0v) is 24.5. The van der Waals surface area contributed by atoms with Gasteiger partial charge in [0.1, 0.15) is 23.1 Å². The highest BCUT2D eigenvalue weighted by Gasteiger charge is 2.23. The van der Waals surface area contributed by atoms with Gasteiger partial charge in [0, 0.05) is 53.2 Å². The molecule has 0 saturated carbocycles. The summed E-state index contributed by atoms with van der Waals surface area (Å²) in [5.41, 5.74) is 3.74. The average Bonchev–Trinajstić information content (AvgIpc) is 2.94. The van der Waals surface area contributed by atoms with E-state index in [9.17, 15) is 4.79 Å². The van der Waals surface area contributed by atoms with Crippen molar-refractivity contribution >= 4 is 57.1 Å². The van der Waals surface area contributed by atoms with E-state index in [4.69, 9.17) is 42.4 Å². The predicted octanol–water partition coefficient (Wildman–Crippen LogP) is 7.03. The molecule has 1 saturated heterocycles. The molecule has 5 rings (SSSR count). The fourth-order valence-corrected chi connectivity index (χ4v) is 5.37. The number of allylic oxidation sites excluding steroid dienone is 1. The van der Waals surface area contributed by atoms with Gasteiger partial charge >= 0.3 is 0 Å². The van der Waals surface area contributed by atoms with Gasteiger partial charge in [-0.1, -0.05) is 48.0 Å². The van der Waals surface area contributed by atoms with Gasteiger partial charge in [0.05, 0.1) is 43.2 Å². The van der Waals surface area contributed by atoms with Crippen LogP contribution >= 0.6 is 23.2 Å². The van der Waals surface area contributed by atoms with E-state index in [1.54, 1.807) is 12.3 Å². The summed E-state index contributed by atoms with van der Waals surface area (Å²) in [6.45, 7) is 7.67. The van der Waals surface area contributed by atoms with Crippen LogP contribution in [0.1, 0.15) is 11.1 Å². The van der Waals surface area contributed by atoms with Crippen LogP contribution in [0, 0.1) is 12.8 Å². The lowest BCUT2D eigenvalue weighted by Crippen LogP contribution is -2.33. The highest BCUT2D eigenvalue weighted by Crippen LogP contribution is 2.46. The molecule has 0 radical (unpaired) electrons. The van der Waals surface area contributed by atoms with Gasteiger partial charge in [-0.25, -0.2) is 9.97 Å². The number of hydrogen-bond donors (Lipinski definition) is 2. The van der Waals surface area contributed by atoms with Crippen molar-refractivity contribution in [1.29, 1.82) is 0 Å². The number of hydrogen-bond acceptors (Lipinski definition) is 8. The number of para-hydroxylation sites is 1. The van der Waals surface area contributed by atoms with Crippen molar-refractivity contribution in [2.24, 2.45) is 5.92 Å². The van der Waals surface area contributed by atoms with Crippen molar-refractivity contribution in [2.75, 3.05) is 44.6 Å². The topological polar surface area (TPSA) is 94.6 Å². The number of anilines is 3. The molecule has 0 unspecified atom stereocenters. The van der Waals surface area contributed by atoms with Gasteiger partial charge in [-0.2, -0.15) is 0 Å². The number of benzene rings is 2. The first-order chi connectivity index (χ1) is 19.8. The smallest absolute Gasteiger partial charge is 0.159 e. The van der Waals surface area contributed by atoms with E-state index < -0.39 is 0 Å². The van der Waals surface area contributed by atoms with Crippen LogP contribution in [0.25, 0.3) is 22.0 Å². The fraction of sp³-hybridized carbons (Fsp3) is 0.258. The van der Waals surface area contributed by atoms with Crippen LogP contribution in [0.2, 0.25) is 10.0 Å². The minimum atomic E-state index is -0.0557. The summed E-state index contributed by atoms with van der Waals surface area (Å²) >= 11 is 13.5. The molecule has 4 aromatic rings. The normalized spacial score (nSPS) is 13.0. The number of ketones is 1. The average molecular weight is 594 g/mol. The zero-order chi connectivity index (χ0) is 29.1. The van der Waals surface area contributed by atoms with E-state index in [1.807, 2.05) is 37.3 Å². The van der Waals surface area contributed by atoms with Gasteiger partial charge in [0.2, 0.25) is 0 Å². The zero-order valence-electron chi connectivity index (χ0n) is 23.0. The fourth-order valence-electron chi connectivity index (χ4n) is 4.67. The summed E-state index contributed by atoms with van der Waals surface area (Å²) in [7, 11) is 3.07. The Hall–Kier alpha value is -3.85. The second kappa shape index (κ2) is 12.3. The van der Waals surface area contributed by atoms with Crippen LogP contribution in [0.15, 0.2) is 55.3 Å². The van der Waals surface area contributed by atoms with E-state index >= 15 is 0 Å². The molecule has 8 nitrogen and oxygen atoms in total. The molecule has 212 valence electrons. The van der Waals surface area contributed by atoms with E-state index in [2.05, 4.69) is 22.2 Å². The molecule has 2 aromatic carbocycles. The van der Waals surface area contributed by atoms with Crippen molar-refractivity contribution in [3.63, 3.8) is 0 Å². The Morgan fingerprint density at radius 2 is 1.88 bits per heavy atom. The number of aromatic nitrogens is 2. The number of nitrogens with one attached hydrogen (secondary N) is 2. The third kappa shape index (κ3) is 5.95. The second-order valence-electron chi connectivity index (χ2n) is 9.80. The maximum atomic E-state index is 12.1. The second-order valence-corrected chi connectivity index (χ2v) is 10.6. The van der Waals surface area contributed by atoms with Crippen molar-refractivity contribution in [3.8, 4) is 22.8 Å². The van der Waals surface area contributed by atoms with E-state index in [0.717, 1.165) is 27.6 Å². The van der Waals surface area contributed by atoms with Crippen molar-refractivity contribution < 1.29 is 19.0 Å². The molecule has 0 amide bonds. The van der Waals surface area contributed by atoms with Gasteiger partial charge < -0.3 is 24.8 Å². The maximum Gasteiger partial charge on any atom is 0.159 e. The van der Waals surface area contributed by atoms with Gasteiger partial charge in [0.25, 0.3) is 0 Å². The number of rotatable bonds is 11. The Kier molecular flexibility index (Phi) is 8.63. The largest absolute Gasteiger partial charge is 0.495 e. The van der Waals surface area contributed by atoms with Gasteiger partial charge in [-0.3, -0.25) is 4.79 Å². The molecule has 0 bridgehead atoms. The SMILES string of the molecule is C=CC(=O)Cc1cccc(C)c1Nc1cc2c(NCC3COC3)nc(-c3c(Cl)c(OC)cc(OC)c3Cl)cc2cn1. The number of aryl methyl sites for hydroxylation is 1. The number of halogens is 2. The molecule has 0 spiro atoms. The van der Waals surface area contributed by atoms with E-state index in [-0.39, 0.29) is 12.2 Å². The highest BCUT2D eigenvalue weighted by atomic mass is 35.5. The standard InChI is InChI=1S/C31H30Cl2N4O4/c1-5-21(38)9-19-8-6-7-17(2)30(19)37-26-11-22-20(14-34-26)10-23(36-31(22)35-13-18-15-41-16-18)27-28(32)24(39-3)12-25(40-4)29(27)33/h5-8,10-12,14,18H,1,9,13,15-16H2,2-4H3,(H,34,37)(H,35,36). The molecule has 2 N–H and O–H groups in total. The first-order valence-electron chi connectivity index (χ1n) is 13.1. The number of methoxy groups -OCH3 is 2. The third-order valence-corrected chi connectivity index (χ3v) is 7.76. The monoisotopic (exact) mass is 592 g/mol. The Balaban J connectivity index is 1.61. The lowest BCUT2D eigenvalue weighted by molar-refractivity contribution is -0.114. The highest BCUT2D eigenvalue weighted by molar-refractivity contribution is 6.41. The Bertz CT molecular complexity index is 1610. The molecule has 3 heterocycles. The lowest BCUT2D eigenvalue weighted by Gasteiger charge is -2.26. The van der Waals surface area contributed by atoms with Crippen molar-refractivity contribution in [3.05, 3.63) is 76.4 Å². The lowest BCUT2D eigenvalue weighted by atomic mass is 10.0. The quantitative estimate of drug-likeness (QED) is 0.179. The van der Waals surface area contributed by atoms with Crippen molar-refractivity contribution in [1.82, 2.24) is 9.97 Å². The molecule has 0 atom stereocenters. The summed E-state index contributed by atoms with van der Waals surface area (Å²) in [6, 6.07) is 11.3. The van der Waals surface area contributed by atoms with Crippen LogP contribution in [0.5, 0.6) is 11.5 Å². The minimum Gasteiger partial charge on any atom is -0.495 e. The number of ether oxygens (including phenoxy) is 3. The van der Waals surface area contributed by atoms with Crippen LogP contribution in [0.4, 0.5) is 17.3 Å². The summed E-state index contributed by atoms with van der Waals surface area (Å²) < 4.78 is 16.3. The molecular formula is C31H30Cl2N4O4. The third-order valence-electron chi connectivity index (χ3n) is 7.01. The first-order valence-corrected chi connectivity index (χ1v) is 13.8. The number of carbonyl (C=O) groups excluding carboxylic acids is 1. The van der Waals surface area contributed by atoms with Gasteiger partial charge in [-0.15, -0.1) is 0 Å². The molecule has 1 aliphatic heterocycles. The van der Waals surface area contributed by atoms with Crippen molar-refractivity contribution in [2.45, 2.75) is 13.3 Å². The minimum absolute atomic E-state index is 0.0557. The van der Waals surface area contributed by atoms with E-state index in [0.29, 0.717) is 70.1 Å². The molecule has 1 fully saturated rings. The van der Waals surface area contributed by atoms with Crippen LogP contribution in [-0.4, -0.2) is 49.7 Å². The molecular weight excluding hydrogens is 563 g/mol. The summed E-state index contributed by atoms with van der Waals surface area (Å²) in [5, 5.41) is 9.25. The summed E-state index contributed by atoms with van der Waals surface area (Å²) in [6.07, 6.45) is 3.35. The summed E-state index contributed by atoms with van der Waals surface area (Å²) in [5.74, 6) is 2.44. The Labute approximate surface area is 248 Å². The number of carbonyl (C=O) groups is 1. The number of pyridine rings is 2. The molecule has 10 heteroatoms. The predicted molar refractivity (Wildman–Crippen MR) is 164 cm³/mol. The summed E-state index contributed by atoms with van der Waals surface area (Å²) in [4.78, 5) is 21.8. The number of fused-ring (bicyclic) bond motifs is 1. The molecule has 1 aliphatic rings. The molecule has 41 heavy (non-hydrogen) atoms. The molecule has 2 aromatic heterocycles. The first kappa shape index (κ1) is 28.7. The maximum absolute atomic E-state index is 12.1. The van der Waals surface area contributed by atoms with Gasteiger partial charge in [0.15, 0.2) is 5.78 Å². The van der Waals surface area contributed by atoms with Crippen LogP contribution in [0.3, 0.4) is 0 Å². The molecule has 0 aliphatic carbocycles. The van der Waals surface area contributed by atoms with Crippen LogP contribution < -0.4 is 20.1 Å². The van der Waals surface area contributed by atoms with E-state index in [1.165, 1.54) is 20.3 Å². The van der Waals surface area contributed by atoms with Gasteiger partial charge in [-0.05, 0) is 36.3 Å². The Morgan fingerprint density at radius 1 is 1.15 bits per heavy atom.